The Morgan fingerprint density at radius 3 is 2.53 bits per heavy atom. The van der Waals surface area contributed by atoms with E-state index in [1.807, 2.05) is 36.1 Å². The minimum absolute atomic E-state index is 0.0601. The maximum absolute atomic E-state index is 13.0. The van der Waals surface area contributed by atoms with Crippen LogP contribution in [0.5, 0.6) is 5.75 Å². The number of amides is 2. The number of ether oxygens (including phenoxy) is 1. The molecule has 0 aromatic heterocycles. The highest BCUT2D eigenvalue weighted by Gasteiger charge is 2.47. The molecule has 1 atom stereocenters. The van der Waals surface area contributed by atoms with Gasteiger partial charge in [0, 0.05) is 31.1 Å². The summed E-state index contributed by atoms with van der Waals surface area (Å²) in [6.07, 6.45) is 3.34. The van der Waals surface area contributed by atoms with Gasteiger partial charge in [-0.15, -0.1) is 0 Å². The summed E-state index contributed by atoms with van der Waals surface area (Å²) in [7, 11) is 1.68. The summed E-state index contributed by atoms with van der Waals surface area (Å²) >= 11 is 0. The number of hydrogen-bond donors (Lipinski definition) is 1. The number of carbonyl (C=O) groups excluding carboxylic acids is 2. The molecule has 0 bridgehead atoms. The van der Waals surface area contributed by atoms with Gasteiger partial charge in [-0.3, -0.25) is 9.59 Å². The van der Waals surface area contributed by atoms with Crippen LogP contribution < -0.4 is 10.1 Å². The Hall–Kier alpha value is -2.82. The lowest BCUT2D eigenvalue weighted by Crippen LogP contribution is -2.45. The molecule has 0 unspecified atom stereocenters. The van der Waals surface area contributed by atoms with Crippen molar-refractivity contribution in [2.24, 2.45) is 11.3 Å². The molecule has 0 radical (unpaired) electrons. The highest BCUT2D eigenvalue weighted by Crippen LogP contribution is 2.39. The minimum Gasteiger partial charge on any atom is -0.496 e. The first-order valence-electron chi connectivity index (χ1n) is 10.9. The monoisotopic (exact) mass is 406 g/mol. The fourth-order valence-corrected chi connectivity index (χ4v) is 4.48. The number of nitrogens with zero attached hydrogens (tertiary/aromatic N) is 1. The molecule has 4 rings (SSSR count). The number of rotatable bonds is 7. The second-order valence-corrected chi connectivity index (χ2v) is 8.50. The molecule has 1 N–H and O–H groups in total. The third-order valence-electron chi connectivity index (χ3n) is 6.33. The first-order chi connectivity index (χ1) is 14.6. The van der Waals surface area contributed by atoms with Crippen LogP contribution in [0.2, 0.25) is 0 Å². The van der Waals surface area contributed by atoms with E-state index in [0.29, 0.717) is 32.5 Å². The van der Waals surface area contributed by atoms with E-state index in [2.05, 4.69) is 29.6 Å². The third kappa shape index (κ3) is 4.07. The standard InChI is InChI=1S/C25H30N2O3/c1-3-26-24(29)25(14-15-27(17-25)23(28)20-12-13-20)16-18-8-10-19(11-9-18)21-6-4-5-7-22(21)30-2/h4-11,20H,3,12-17H2,1-2H3,(H,26,29)/t25-/m1/s1. The topological polar surface area (TPSA) is 58.6 Å². The van der Waals surface area contributed by atoms with Crippen molar-refractivity contribution in [3.63, 3.8) is 0 Å². The Morgan fingerprint density at radius 1 is 1.13 bits per heavy atom. The van der Waals surface area contributed by atoms with Gasteiger partial charge in [-0.1, -0.05) is 42.5 Å². The van der Waals surface area contributed by atoms with Crippen LogP contribution in [0.15, 0.2) is 48.5 Å². The van der Waals surface area contributed by atoms with E-state index in [1.165, 1.54) is 0 Å². The van der Waals surface area contributed by atoms with Gasteiger partial charge in [0.2, 0.25) is 11.8 Å². The van der Waals surface area contributed by atoms with Crippen molar-refractivity contribution in [2.75, 3.05) is 26.7 Å². The molecule has 1 saturated heterocycles. The van der Waals surface area contributed by atoms with Crippen LogP contribution in [0.25, 0.3) is 11.1 Å². The van der Waals surface area contributed by atoms with Crippen LogP contribution in [0.1, 0.15) is 31.7 Å². The van der Waals surface area contributed by atoms with Gasteiger partial charge >= 0.3 is 0 Å². The Kier molecular flexibility index (Phi) is 5.80. The van der Waals surface area contributed by atoms with Crippen molar-refractivity contribution in [2.45, 2.75) is 32.6 Å². The molecular weight excluding hydrogens is 376 g/mol. The average Bonchev–Trinajstić information content (AvgIpc) is 3.54. The molecule has 2 aromatic rings. The number of benzene rings is 2. The lowest BCUT2D eigenvalue weighted by Gasteiger charge is -2.28. The van der Waals surface area contributed by atoms with Crippen molar-refractivity contribution < 1.29 is 14.3 Å². The highest BCUT2D eigenvalue weighted by molar-refractivity contribution is 5.87. The number of methoxy groups -OCH3 is 1. The summed E-state index contributed by atoms with van der Waals surface area (Å²) in [6, 6.07) is 16.3. The van der Waals surface area contributed by atoms with Gasteiger partial charge in [-0.25, -0.2) is 0 Å². The fourth-order valence-electron chi connectivity index (χ4n) is 4.48. The normalized spacial score (nSPS) is 20.8. The van der Waals surface area contributed by atoms with Gasteiger partial charge in [0.25, 0.3) is 0 Å². The van der Waals surface area contributed by atoms with Crippen LogP contribution >= 0.6 is 0 Å². The number of carbonyl (C=O) groups is 2. The Balaban J connectivity index is 1.54. The Bertz CT molecular complexity index is 920. The molecule has 5 heteroatoms. The van der Waals surface area contributed by atoms with Crippen LogP contribution in [0.3, 0.4) is 0 Å². The smallest absolute Gasteiger partial charge is 0.228 e. The number of para-hydroxylation sites is 1. The molecule has 1 heterocycles. The van der Waals surface area contributed by atoms with E-state index in [0.717, 1.165) is 35.3 Å². The van der Waals surface area contributed by atoms with Crippen LogP contribution in [0, 0.1) is 11.3 Å². The number of likely N-dealkylation sites (tertiary alicyclic amines) is 1. The predicted octanol–water partition coefficient (Wildman–Crippen LogP) is 3.67. The van der Waals surface area contributed by atoms with Gasteiger partial charge in [-0.05, 0) is 49.8 Å². The summed E-state index contributed by atoms with van der Waals surface area (Å²) in [5, 5.41) is 3.01. The molecule has 158 valence electrons. The van der Waals surface area contributed by atoms with Crippen molar-refractivity contribution in [1.29, 1.82) is 0 Å². The molecule has 2 aromatic carbocycles. The first kappa shape index (κ1) is 20.5. The maximum atomic E-state index is 13.0. The molecule has 2 amide bonds. The average molecular weight is 407 g/mol. The SMILES string of the molecule is CCNC(=O)[C@@]1(Cc2ccc(-c3ccccc3OC)cc2)CCN(C(=O)C2CC2)C1. The van der Waals surface area contributed by atoms with Crippen LogP contribution in [-0.4, -0.2) is 43.5 Å². The van der Waals surface area contributed by atoms with Gasteiger partial charge in [0.1, 0.15) is 5.75 Å². The zero-order valence-electron chi connectivity index (χ0n) is 17.8. The summed E-state index contributed by atoms with van der Waals surface area (Å²) < 4.78 is 5.48. The van der Waals surface area contributed by atoms with Crippen molar-refractivity contribution in [3.05, 3.63) is 54.1 Å². The van der Waals surface area contributed by atoms with Gasteiger partial charge < -0.3 is 15.0 Å². The second kappa shape index (κ2) is 8.50. The van der Waals surface area contributed by atoms with Crippen LogP contribution in [0.4, 0.5) is 0 Å². The first-order valence-corrected chi connectivity index (χ1v) is 10.9. The van der Waals surface area contributed by atoms with Crippen molar-refractivity contribution in [1.82, 2.24) is 10.2 Å². The lowest BCUT2D eigenvalue weighted by atomic mass is 9.79. The molecule has 1 aliphatic carbocycles. The molecule has 0 spiro atoms. The summed E-state index contributed by atoms with van der Waals surface area (Å²) in [4.78, 5) is 27.5. The Morgan fingerprint density at radius 2 is 1.87 bits per heavy atom. The molecule has 30 heavy (non-hydrogen) atoms. The van der Waals surface area contributed by atoms with Crippen molar-refractivity contribution in [3.8, 4) is 16.9 Å². The number of nitrogens with one attached hydrogen (secondary N) is 1. The second-order valence-electron chi connectivity index (χ2n) is 8.50. The molecular formula is C25H30N2O3. The van der Waals surface area contributed by atoms with Gasteiger partial charge in [0.05, 0.1) is 12.5 Å². The summed E-state index contributed by atoms with van der Waals surface area (Å²) in [5.74, 6) is 1.32. The van der Waals surface area contributed by atoms with E-state index < -0.39 is 5.41 Å². The number of hydrogen-bond acceptors (Lipinski definition) is 3. The van der Waals surface area contributed by atoms with E-state index in [-0.39, 0.29) is 17.7 Å². The molecule has 1 saturated carbocycles. The highest BCUT2D eigenvalue weighted by atomic mass is 16.5. The van der Waals surface area contributed by atoms with E-state index >= 15 is 0 Å². The van der Waals surface area contributed by atoms with E-state index in [9.17, 15) is 9.59 Å². The molecule has 2 aliphatic rings. The van der Waals surface area contributed by atoms with E-state index in [4.69, 9.17) is 4.74 Å². The van der Waals surface area contributed by atoms with Crippen LogP contribution in [-0.2, 0) is 16.0 Å². The third-order valence-corrected chi connectivity index (χ3v) is 6.33. The Labute approximate surface area is 178 Å². The summed E-state index contributed by atoms with van der Waals surface area (Å²) in [6.45, 7) is 3.73. The molecule has 2 fully saturated rings. The summed E-state index contributed by atoms with van der Waals surface area (Å²) in [5.41, 5.74) is 2.69. The quantitative estimate of drug-likeness (QED) is 0.763. The maximum Gasteiger partial charge on any atom is 0.228 e. The molecule has 5 nitrogen and oxygen atoms in total. The lowest BCUT2D eigenvalue weighted by molar-refractivity contribution is -0.134. The minimum atomic E-state index is -0.549. The predicted molar refractivity (Wildman–Crippen MR) is 117 cm³/mol. The van der Waals surface area contributed by atoms with Crippen molar-refractivity contribution >= 4 is 11.8 Å². The fraction of sp³-hybridized carbons (Fsp3) is 0.440. The van der Waals surface area contributed by atoms with Gasteiger partial charge in [-0.2, -0.15) is 0 Å². The zero-order chi connectivity index (χ0) is 21.1. The van der Waals surface area contributed by atoms with Gasteiger partial charge in [0.15, 0.2) is 0 Å². The largest absolute Gasteiger partial charge is 0.496 e. The zero-order valence-corrected chi connectivity index (χ0v) is 17.8. The van der Waals surface area contributed by atoms with E-state index in [1.54, 1.807) is 7.11 Å². The molecule has 1 aliphatic heterocycles.